The van der Waals surface area contributed by atoms with E-state index in [4.69, 9.17) is 5.73 Å². The fourth-order valence-electron chi connectivity index (χ4n) is 2.04. The Morgan fingerprint density at radius 3 is 2.58 bits per heavy atom. The number of hydrogen-bond donors (Lipinski definition) is 1. The number of nitrogens with zero attached hydrogens (tertiary/aromatic N) is 3. The Balaban J connectivity index is 2.06. The third kappa shape index (κ3) is 2.14. The van der Waals surface area contributed by atoms with E-state index < -0.39 is 0 Å². The lowest BCUT2D eigenvalue weighted by Crippen LogP contribution is -2.05. The number of anilines is 1. The number of halogens is 1. The van der Waals surface area contributed by atoms with Crippen molar-refractivity contribution in [3.63, 3.8) is 0 Å². The molecule has 4 nitrogen and oxygen atoms in total. The largest absolute Gasteiger partial charge is 0.369 e. The van der Waals surface area contributed by atoms with Crippen molar-refractivity contribution in [3.8, 4) is 0 Å². The molecule has 3 aromatic rings. The van der Waals surface area contributed by atoms with E-state index in [-0.39, 0.29) is 5.82 Å². The van der Waals surface area contributed by atoms with Gasteiger partial charge in [0.25, 0.3) is 0 Å². The first-order chi connectivity index (χ1) is 9.13. The number of nitrogens with two attached hydrogens (primary N) is 1. The molecule has 0 amide bonds. The fourth-order valence-corrected chi connectivity index (χ4v) is 2.04. The molecule has 2 aromatic heterocycles. The summed E-state index contributed by atoms with van der Waals surface area (Å²) in [6, 6.07) is 10.1. The SMILES string of the molecule is Cc1ccc2nc(N)n(Cc3ccc(F)cc3)c2n1. The van der Waals surface area contributed by atoms with Crippen LogP contribution in [0.4, 0.5) is 10.3 Å². The van der Waals surface area contributed by atoms with Gasteiger partial charge in [0, 0.05) is 5.69 Å². The second-order valence-electron chi connectivity index (χ2n) is 4.48. The molecular formula is C14H13FN4. The van der Waals surface area contributed by atoms with E-state index in [2.05, 4.69) is 9.97 Å². The lowest BCUT2D eigenvalue weighted by atomic mass is 10.2. The van der Waals surface area contributed by atoms with Gasteiger partial charge in [-0.3, -0.25) is 4.57 Å². The molecule has 0 unspecified atom stereocenters. The Hall–Kier alpha value is -2.43. The van der Waals surface area contributed by atoms with Gasteiger partial charge in [-0.2, -0.15) is 0 Å². The Labute approximate surface area is 109 Å². The Morgan fingerprint density at radius 2 is 1.84 bits per heavy atom. The molecule has 0 spiro atoms. The third-order valence-corrected chi connectivity index (χ3v) is 3.01. The van der Waals surface area contributed by atoms with Crippen LogP contribution in [-0.4, -0.2) is 14.5 Å². The predicted molar refractivity (Wildman–Crippen MR) is 72.2 cm³/mol. The number of aryl methyl sites for hydroxylation is 1. The molecule has 0 fully saturated rings. The zero-order valence-corrected chi connectivity index (χ0v) is 10.5. The van der Waals surface area contributed by atoms with Crippen molar-refractivity contribution >= 4 is 17.1 Å². The van der Waals surface area contributed by atoms with Crippen LogP contribution < -0.4 is 5.73 Å². The first-order valence-electron chi connectivity index (χ1n) is 5.97. The van der Waals surface area contributed by atoms with Gasteiger partial charge < -0.3 is 5.73 Å². The van der Waals surface area contributed by atoms with Crippen LogP contribution in [0.1, 0.15) is 11.3 Å². The van der Waals surface area contributed by atoms with E-state index in [0.717, 1.165) is 22.4 Å². The summed E-state index contributed by atoms with van der Waals surface area (Å²) in [5.74, 6) is 0.165. The van der Waals surface area contributed by atoms with E-state index >= 15 is 0 Å². The van der Waals surface area contributed by atoms with Crippen LogP contribution >= 0.6 is 0 Å². The molecule has 3 rings (SSSR count). The topological polar surface area (TPSA) is 56.7 Å². The normalized spacial score (nSPS) is 11.1. The molecule has 0 radical (unpaired) electrons. The van der Waals surface area contributed by atoms with E-state index in [1.165, 1.54) is 12.1 Å². The molecule has 0 saturated carbocycles. The quantitative estimate of drug-likeness (QED) is 0.766. The molecule has 0 aliphatic carbocycles. The van der Waals surface area contributed by atoms with E-state index in [1.54, 1.807) is 12.1 Å². The lowest BCUT2D eigenvalue weighted by molar-refractivity contribution is 0.626. The highest BCUT2D eigenvalue weighted by molar-refractivity contribution is 5.74. The first-order valence-corrected chi connectivity index (χ1v) is 5.97. The zero-order valence-electron chi connectivity index (χ0n) is 10.5. The summed E-state index contributed by atoms with van der Waals surface area (Å²) in [6.07, 6.45) is 0. The number of aromatic nitrogens is 3. The number of hydrogen-bond acceptors (Lipinski definition) is 3. The molecule has 2 heterocycles. The molecule has 0 aliphatic heterocycles. The van der Waals surface area contributed by atoms with E-state index in [1.807, 2.05) is 23.6 Å². The third-order valence-electron chi connectivity index (χ3n) is 3.01. The summed E-state index contributed by atoms with van der Waals surface area (Å²) in [7, 11) is 0. The average Bonchev–Trinajstić information content (AvgIpc) is 2.69. The number of pyridine rings is 1. The first kappa shape index (κ1) is 11.6. The van der Waals surface area contributed by atoms with Crippen LogP contribution in [0.25, 0.3) is 11.2 Å². The molecular weight excluding hydrogens is 243 g/mol. The fraction of sp³-hybridized carbons (Fsp3) is 0.143. The van der Waals surface area contributed by atoms with Gasteiger partial charge in [0.05, 0.1) is 6.54 Å². The van der Waals surface area contributed by atoms with Crippen LogP contribution in [0.2, 0.25) is 0 Å². The summed E-state index contributed by atoms with van der Waals surface area (Å²) >= 11 is 0. The average molecular weight is 256 g/mol. The minimum absolute atomic E-state index is 0.249. The van der Waals surface area contributed by atoms with Gasteiger partial charge in [0.15, 0.2) is 5.65 Å². The molecule has 19 heavy (non-hydrogen) atoms. The molecule has 2 N–H and O–H groups in total. The summed E-state index contributed by atoms with van der Waals surface area (Å²) in [6.45, 7) is 2.45. The highest BCUT2D eigenvalue weighted by Crippen LogP contribution is 2.18. The van der Waals surface area contributed by atoms with Crippen molar-refractivity contribution in [3.05, 3.63) is 53.5 Å². The number of benzene rings is 1. The van der Waals surface area contributed by atoms with Crippen LogP contribution in [0, 0.1) is 12.7 Å². The summed E-state index contributed by atoms with van der Waals surface area (Å²) in [5.41, 5.74) is 9.30. The van der Waals surface area contributed by atoms with Gasteiger partial charge in [-0.1, -0.05) is 12.1 Å². The Kier molecular flexibility index (Phi) is 2.67. The van der Waals surface area contributed by atoms with Crippen molar-refractivity contribution in [2.75, 3.05) is 5.73 Å². The monoisotopic (exact) mass is 256 g/mol. The molecule has 96 valence electrons. The number of imidazole rings is 1. The molecule has 0 aliphatic rings. The second kappa shape index (κ2) is 4.35. The van der Waals surface area contributed by atoms with Gasteiger partial charge in [0.1, 0.15) is 11.3 Å². The van der Waals surface area contributed by atoms with Gasteiger partial charge in [-0.15, -0.1) is 0 Å². The van der Waals surface area contributed by atoms with Crippen LogP contribution in [0.5, 0.6) is 0 Å². The minimum atomic E-state index is -0.249. The number of rotatable bonds is 2. The van der Waals surface area contributed by atoms with Crippen LogP contribution in [-0.2, 0) is 6.54 Å². The second-order valence-corrected chi connectivity index (χ2v) is 4.48. The van der Waals surface area contributed by atoms with Gasteiger partial charge in [0.2, 0.25) is 5.95 Å². The highest BCUT2D eigenvalue weighted by Gasteiger charge is 2.10. The lowest BCUT2D eigenvalue weighted by Gasteiger charge is -2.06. The van der Waals surface area contributed by atoms with Crippen LogP contribution in [0.3, 0.4) is 0 Å². The summed E-state index contributed by atoms with van der Waals surface area (Å²) in [5, 5.41) is 0. The predicted octanol–water partition coefficient (Wildman–Crippen LogP) is 2.51. The van der Waals surface area contributed by atoms with E-state index in [0.29, 0.717) is 12.5 Å². The van der Waals surface area contributed by atoms with Crippen LogP contribution in [0.15, 0.2) is 36.4 Å². The van der Waals surface area contributed by atoms with Gasteiger partial charge in [-0.05, 0) is 36.8 Å². The van der Waals surface area contributed by atoms with Gasteiger partial charge in [-0.25, -0.2) is 14.4 Å². The molecule has 5 heteroatoms. The highest BCUT2D eigenvalue weighted by atomic mass is 19.1. The van der Waals surface area contributed by atoms with Crippen molar-refractivity contribution in [1.29, 1.82) is 0 Å². The van der Waals surface area contributed by atoms with Gasteiger partial charge >= 0.3 is 0 Å². The number of nitrogen functional groups attached to an aromatic ring is 1. The van der Waals surface area contributed by atoms with E-state index in [9.17, 15) is 4.39 Å². The maximum atomic E-state index is 12.9. The Bertz CT molecular complexity index is 731. The molecule has 0 bridgehead atoms. The minimum Gasteiger partial charge on any atom is -0.369 e. The number of fused-ring (bicyclic) bond motifs is 1. The van der Waals surface area contributed by atoms with Crippen molar-refractivity contribution in [2.24, 2.45) is 0 Å². The molecule has 1 aromatic carbocycles. The zero-order chi connectivity index (χ0) is 13.4. The van der Waals surface area contributed by atoms with Crippen molar-refractivity contribution in [1.82, 2.24) is 14.5 Å². The summed E-state index contributed by atoms with van der Waals surface area (Å²) < 4.78 is 14.7. The molecule has 0 saturated heterocycles. The van der Waals surface area contributed by atoms with Crippen molar-refractivity contribution < 1.29 is 4.39 Å². The van der Waals surface area contributed by atoms with Crippen molar-refractivity contribution in [2.45, 2.75) is 13.5 Å². The maximum Gasteiger partial charge on any atom is 0.202 e. The maximum absolute atomic E-state index is 12.9. The standard InChI is InChI=1S/C14H13FN4/c1-9-2-7-12-13(17-9)19(14(16)18-12)8-10-3-5-11(15)6-4-10/h2-7H,8H2,1H3,(H2,16,18). The smallest absolute Gasteiger partial charge is 0.202 e. The molecule has 0 atom stereocenters. The Morgan fingerprint density at radius 1 is 1.11 bits per heavy atom. The summed E-state index contributed by atoms with van der Waals surface area (Å²) in [4.78, 5) is 8.73.